The summed E-state index contributed by atoms with van der Waals surface area (Å²) in [6.45, 7) is 1.80. The van der Waals surface area contributed by atoms with Crippen LogP contribution in [0.5, 0.6) is 0 Å². The van der Waals surface area contributed by atoms with Crippen molar-refractivity contribution in [3.8, 4) is 11.1 Å². The molecule has 0 aliphatic rings. The number of hydrogen-bond acceptors (Lipinski definition) is 3. The van der Waals surface area contributed by atoms with Gasteiger partial charge in [0.1, 0.15) is 5.82 Å². The van der Waals surface area contributed by atoms with Gasteiger partial charge in [0, 0.05) is 17.6 Å². The zero-order valence-electron chi connectivity index (χ0n) is 16.6. The predicted octanol–water partition coefficient (Wildman–Crippen LogP) is 4.74. The number of amides is 1. The van der Waals surface area contributed by atoms with Gasteiger partial charge in [-0.2, -0.15) is 0 Å². The van der Waals surface area contributed by atoms with Gasteiger partial charge in [-0.05, 0) is 48.4 Å². The van der Waals surface area contributed by atoms with Crippen LogP contribution < -0.4 is 10.9 Å². The van der Waals surface area contributed by atoms with Crippen LogP contribution in [0.3, 0.4) is 0 Å². The lowest BCUT2D eigenvalue weighted by atomic mass is 10.0. The second-order valence-corrected chi connectivity index (χ2v) is 7.57. The predicted molar refractivity (Wildman–Crippen MR) is 120 cm³/mol. The Balaban J connectivity index is 1.58. The number of halogens is 1. The van der Waals surface area contributed by atoms with Crippen LogP contribution in [0.15, 0.2) is 77.6 Å². The van der Waals surface area contributed by atoms with Crippen molar-refractivity contribution < 1.29 is 4.79 Å². The van der Waals surface area contributed by atoms with Crippen LogP contribution in [0.4, 0.5) is 0 Å². The molecule has 30 heavy (non-hydrogen) atoms. The van der Waals surface area contributed by atoms with E-state index in [-0.39, 0.29) is 11.5 Å². The summed E-state index contributed by atoms with van der Waals surface area (Å²) in [7, 11) is 1.65. The van der Waals surface area contributed by atoms with Gasteiger partial charge in [0.25, 0.3) is 11.5 Å². The first-order chi connectivity index (χ1) is 14.4. The Bertz CT molecular complexity index is 1280. The lowest BCUT2D eigenvalue weighted by Crippen LogP contribution is -2.32. The quantitative estimate of drug-likeness (QED) is 0.521. The van der Waals surface area contributed by atoms with E-state index in [4.69, 9.17) is 11.6 Å². The number of nitrogens with zero attached hydrogens (tertiary/aromatic N) is 2. The minimum atomic E-state index is -0.465. The van der Waals surface area contributed by atoms with Crippen molar-refractivity contribution in [3.63, 3.8) is 0 Å². The first-order valence-electron chi connectivity index (χ1n) is 9.56. The summed E-state index contributed by atoms with van der Waals surface area (Å²) in [5.41, 5.74) is 2.99. The number of aromatic nitrogens is 2. The highest BCUT2D eigenvalue weighted by Crippen LogP contribution is 2.20. The number of benzene rings is 3. The Morgan fingerprint density at radius 2 is 1.67 bits per heavy atom. The molecule has 0 bridgehead atoms. The molecule has 4 rings (SSSR count). The van der Waals surface area contributed by atoms with Crippen LogP contribution in [0.25, 0.3) is 22.0 Å². The molecule has 0 aliphatic carbocycles. The van der Waals surface area contributed by atoms with E-state index in [1.54, 1.807) is 44.3 Å². The fraction of sp³-hybridized carbons (Fsp3) is 0.125. The molecule has 150 valence electrons. The third kappa shape index (κ3) is 3.84. The van der Waals surface area contributed by atoms with Crippen molar-refractivity contribution in [2.24, 2.45) is 7.05 Å². The maximum absolute atomic E-state index is 12.7. The maximum Gasteiger partial charge on any atom is 0.261 e. The van der Waals surface area contributed by atoms with E-state index in [1.807, 2.05) is 42.5 Å². The minimum absolute atomic E-state index is 0.181. The lowest BCUT2D eigenvalue weighted by molar-refractivity contribution is 0.0937. The van der Waals surface area contributed by atoms with Crippen LogP contribution in [0.1, 0.15) is 29.1 Å². The van der Waals surface area contributed by atoms with Crippen LogP contribution in [-0.4, -0.2) is 15.5 Å². The topological polar surface area (TPSA) is 64.0 Å². The number of fused-ring (bicyclic) bond motifs is 1. The average molecular weight is 418 g/mol. The highest BCUT2D eigenvalue weighted by Gasteiger charge is 2.17. The zero-order chi connectivity index (χ0) is 21.3. The van der Waals surface area contributed by atoms with E-state index in [1.165, 1.54) is 4.57 Å². The van der Waals surface area contributed by atoms with E-state index >= 15 is 0 Å². The lowest BCUT2D eigenvalue weighted by Gasteiger charge is -2.17. The molecule has 4 aromatic rings. The van der Waals surface area contributed by atoms with Gasteiger partial charge in [-0.15, -0.1) is 0 Å². The molecule has 0 saturated carbocycles. The highest BCUT2D eigenvalue weighted by atomic mass is 35.5. The molecule has 0 unspecified atom stereocenters. The molecule has 1 atom stereocenters. The molecule has 1 aromatic heterocycles. The van der Waals surface area contributed by atoms with E-state index in [9.17, 15) is 9.59 Å². The fourth-order valence-electron chi connectivity index (χ4n) is 3.44. The molecular weight excluding hydrogens is 398 g/mol. The summed E-state index contributed by atoms with van der Waals surface area (Å²) in [6.07, 6.45) is 0. The SMILES string of the molecule is C[C@@H](NC(=O)c1ccc(-c2ccccc2)cc1)c1nc2cc(Cl)ccc2c(=O)n1C. The van der Waals surface area contributed by atoms with E-state index in [0.29, 0.717) is 27.3 Å². The molecule has 1 heterocycles. The van der Waals surface area contributed by atoms with Crippen LogP contribution in [0.2, 0.25) is 5.02 Å². The molecule has 1 N–H and O–H groups in total. The van der Waals surface area contributed by atoms with Gasteiger partial charge in [-0.3, -0.25) is 14.2 Å². The Morgan fingerprint density at radius 3 is 2.37 bits per heavy atom. The van der Waals surface area contributed by atoms with Gasteiger partial charge in [0.05, 0.1) is 16.9 Å². The van der Waals surface area contributed by atoms with Crippen molar-refractivity contribution in [3.05, 3.63) is 99.6 Å². The van der Waals surface area contributed by atoms with Crippen molar-refractivity contribution in [1.82, 2.24) is 14.9 Å². The van der Waals surface area contributed by atoms with Crippen molar-refractivity contribution in [2.45, 2.75) is 13.0 Å². The van der Waals surface area contributed by atoms with Gasteiger partial charge in [-0.1, -0.05) is 54.1 Å². The summed E-state index contributed by atoms with van der Waals surface area (Å²) < 4.78 is 1.46. The Labute approximate surface area is 179 Å². The number of carbonyl (C=O) groups is 1. The Kier molecular flexibility index (Phi) is 5.38. The van der Waals surface area contributed by atoms with Crippen molar-refractivity contribution in [2.75, 3.05) is 0 Å². The highest BCUT2D eigenvalue weighted by molar-refractivity contribution is 6.31. The zero-order valence-corrected chi connectivity index (χ0v) is 17.4. The molecule has 0 fully saturated rings. The largest absolute Gasteiger partial charge is 0.342 e. The van der Waals surface area contributed by atoms with E-state index in [2.05, 4.69) is 10.3 Å². The monoisotopic (exact) mass is 417 g/mol. The normalized spacial score (nSPS) is 12.0. The van der Waals surface area contributed by atoms with Crippen molar-refractivity contribution >= 4 is 28.4 Å². The first kappa shape index (κ1) is 19.9. The summed E-state index contributed by atoms with van der Waals surface area (Å²) >= 11 is 6.05. The van der Waals surface area contributed by atoms with Crippen molar-refractivity contribution in [1.29, 1.82) is 0 Å². The molecule has 3 aromatic carbocycles. The third-order valence-corrected chi connectivity index (χ3v) is 5.30. The summed E-state index contributed by atoms with van der Waals surface area (Å²) in [4.78, 5) is 30.0. The number of rotatable bonds is 4. The second-order valence-electron chi connectivity index (χ2n) is 7.13. The number of carbonyl (C=O) groups excluding carboxylic acids is 1. The van der Waals surface area contributed by atoms with Gasteiger partial charge < -0.3 is 5.32 Å². The molecule has 0 saturated heterocycles. The molecule has 5 nitrogen and oxygen atoms in total. The van der Waals surface area contributed by atoms with Gasteiger partial charge in [-0.25, -0.2) is 4.98 Å². The summed E-state index contributed by atoms with van der Waals surface area (Å²) in [5, 5.41) is 3.92. The summed E-state index contributed by atoms with van der Waals surface area (Å²) in [5.74, 6) is 0.228. The molecule has 0 radical (unpaired) electrons. The molecular formula is C24H20ClN3O2. The standard InChI is InChI=1S/C24H20ClN3O2/c1-15(22-27-21-14-19(25)12-13-20(21)24(30)28(22)2)26-23(29)18-10-8-17(9-11-18)16-6-4-3-5-7-16/h3-15H,1-2H3,(H,26,29)/t15-/m1/s1. The Morgan fingerprint density at radius 1 is 1.00 bits per heavy atom. The van der Waals surface area contributed by atoms with Crippen LogP contribution in [0, 0.1) is 0 Å². The molecule has 0 aliphatic heterocycles. The Hall–Kier alpha value is -3.44. The van der Waals surface area contributed by atoms with E-state index < -0.39 is 6.04 Å². The second kappa shape index (κ2) is 8.13. The van der Waals surface area contributed by atoms with Crippen LogP contribution >= 0.6 is 11.6 Å². The number of nitrogens with one attached hydrogen (secondary N) is 1. The van der Waals surface area contributed by atoms with E-state index in [0.717, 1.165) is 11.1 Å². The third-order valence-electron chi connectivity index (χ3n) is 5.06. The van der Waals surface area contributed by atoms with Gasteiger partial charge >= 0.3 is 0 Å². The maximum atomic E-state index is 12.7. The van der Waals surface area contributed by atoms with Gasteiger partial charge in [0.2, 0.25) is 0 Å². The number of hydrogen-bond donors (Lipinski definition) is 1. The fourth-order valence-corrected chi connectivity index (χ4v) is 3.60. The minimum Gasteiger partial charge on any atom is -0.342 e. The summed E-state index contributed by atoms with van der Waals surface area (Å²) in [6, 6.07) is 21.9. The average Bonchev–Trinajstić information content (AvgIpc) is 2.76. The molecule has 1 amide bonds. The first-order valence-corrected chi connectivity index (χ1v) is 9.94. The smallest absolute Gasteiger partial charge is 0.261 e. The van der Waals surface area contributed by atoms with Crippen LogP contribution in [-0.2, 0) is 7.05 Å². The molecule has 6 heteroatoms. The van der Waals surface area contributed by atoms with Gasteiger partial charge in [0.15, 0.2) is 0 Å². The molecule has 0 spiro atoms.